The van der Waals surface area contributed by atoms with Crippen LogP contribution in [0.4, 0.5) is 0 Å². The monoisotopic (exact) mass is 350 g/mol. The molecule has 0 fully saturated rings. The molecule has 0 radical (unpaired) electrons. The summed E-state index contributed by atoms with van der Waals surface area (Å²) in [6.07, 6.45) is 2.34. The molecule has 1 amide bonds. The van der Waals surface area contributed by atoms with Gasteiger partial charge in [0.05, 0.1) is 0 Å². The molecule has 0 aliphatic carbocycles. The van der Waals surface area contributed by atoms with Crippen molar-refractivity contribution in [1.29, 1.82) is 0 Å². The van der Waals surface area contributed by atoms with Crippen molar-refractivity contribution >= 4 is 16.8 Å². The molecule has 1 atom stereocenters. The third kappa shape index (κ3) is 3.01. The first-order chi connectivity index (χ1) is 12.6. The number of amides is 1. The van der Waals surface area contributed by atoms with E-state index in [4.69, 9.17) is 9.47 Å². The van der Waals surface area contributed by atoms with Crippen molar-refractivity contribution < 1.29 is 14.3 Å². The van der Waals surface area contributed by atoms with Gasteiger partial charge in [0, 0.05) is 41.0 Å². The van der Waals surface area contributed by atoms with Crippen LogP contribution >= 0.6 is 0 Å². The maximum Gasteiger partial charge on any atom is 0.231 e. The van der Waals surface area contributed by atoms with Gasteiger partial charge < -0.3 is 19.8 Å². The van der Waals surface area contributed by atoms with Gasteiger partial charge in [0.15, 0.2) is 11.5 Å². The Balaban J connectivity index is 1.80. The molecule has 26 heavy (non-hydrogen) atoms. The molecule has 1 aliphatic heterocycles. The predicted molar refractivity (Wildman–Crippen MR) is 101 cm³/mol. The van der Waals surface area contributed by atoms with E-state index in [0.29, 0.717) is 6.42 Å². The highest BCUT2D eigenvalue weighted by atomic mass is 16.7. The Bertz CT molecular complexity index is 945. The average molecular weight is 350 g/mol. The molecule has 2 heterocycles. The predicted octanol–water partition coefficient (Wildman–Crippen LogP) is 3.94. The fourth-order valence-corrected chi connectivity index (χ4v) is 3.56. The van der Waals surface area contributed by atoms with Gasteiger partial charge in [0.25, 0.3) is 0 Å². The van der Waals surface area contributed by atoms with Crippen molar-refractivity contribution in [3.05, 3.63) is 59.8 Å². The van der Waals surface area contributed by atoms with Crippen LogP contribution in [0.3, 0.4) is 0 Å². The van der Waals surface area contributed by atoms with Crippen molar-refractivity contribution in [3.63, 3.8) is 0 Å². The molecule has 1 aliphatic rings. The molecule has 134 valence electrons. The minimum atomic E-state index is -0.124. The van der Waals surface area contributed by atoms with E-state index in [1.54, 1.807) is 0 Å². The van der Waals surface area contributed by atoms with Crippen LogP contribution in [0.25, 0.3) is 10.9 Å². The first-order valence-electron chi connectivity index (χ1n) is 8.87. The zero-order valence-corrected chi connectivity index (χ0v) is 14.9. The highest BCUT2D eigenvalue weighted by Gasteiger charge is 2.28. The fourth-order valence-electron chi connectivity index (χ4n) is 3.56. The Morgan fingerprint density at radius 3 is 2.81 bits per heavy atom. The van der Waals surface area contributed by atoms with E-state index in [0.717, 1.165) is 33.5 Å². The Kier molecular flexibility index (Phi) is 4.29. The molecular formula is C21H22N2O3. The number of carbonyl (C=O) groups is 1. The van der Waals surface area contributed by atoms with Gasteiger partial charge in [-0.3, -0.25) is 4.79 Å². The largest absolute Gasteiger partial charge is 0.454 e. The molecule has 2 aromatic carbocycles. The van der Waals surface area contributed by atoms with Gasteiger partial charge in [-0.1, -0.05) is 30.3 Å². The first-order valence-corrected chi connectivity index (χ1v) is 8.87. The number of hydrogen-bond acceptors (Lipinski definition) is 3. The van der Waals surface area contributed by atoms with Crippen LogP contribution in [0.2, 0.25) is 0 Å². The summed E-state index contributed by atoms with van der Waals surface area (Å²) in [4.78, 5) is 15.9. The maximum atomic E-state index is 12.6. The highest BCUT2D eigenvalue weighted by molar-refractivity contribution is 5.86. The second-order valence-electron chi connectivity index (χ2n) is 6.85. The van der Waals surface area contributed by atoms with E-state index < -0.39 is 0 Å². The molecule has 0 bridgehead atoms. The topological polar surface area (TPSA) is 63.4 Å². The number of ether oxygens (including phenoxy) is 2. The van der Waals surface area contributed by atoms with E-state index in [2.05, 4.69) is 16.4 Å². The van der Waals surface area contributed by atoms with Gasteiger partial charge >= 0.3 is 0 Å². The number of aromatic amines is 1. The summed E-state index contributed by atoms with van der Waals surface area (Å²) in [6, 6.07) is 14.1. The molecule has 0 unspecified atom stereocenters. The maximum absolute atomic E-state index is 12.6. The number of aromatic nitrogens is 1. The molecule has 3 aromatic rings. The fraction of sp³-hybridized carbons (Fsp3) is 0.286. The lowest BCUT2D eigenvalue weighted by atomic mass is 9.87. The van der Waals surface area contributed by atoms with Gasteiger partial charge in [-0.2, -0.15) is 0 Å². The number of benzene rings is 2. The summed E-state index contributed by atoms with van der Waals surface area (Å²) in [5.74, 6) is 1.37. The van der Waals surface area contributed by atoms with Crippen LogP contribution < -0.4 is 14.8 Å². The number of nitrogens with one attached hydrogen (secondary N) is 2. The van der Waals surface area contributed by atoms with Crippen LogP contribution in [0.15, 0.2) is 48.7 Å². The van der Waals surface area contributed by atoms with Gasteiger partial charge in [0.1, 0.15) is 0 Å². The molecule has 0 saturated heterocycles. The van der Waals surface area contributed by atoms with Gasteiger partial charge in [-0.05, 0) is 31.5 Å². The van der Waals surface area contributed by atoms with E-state index in [9.17, 15) is 4.79 Å². The highest BCUT2D eigenvalue weighted by Crippen LogP contribution is 2.44. The van der Waals surface area contributed by atoms with E-state index in [-0.39, 0.29) is 24.7 Å². The van der Waals surface area contributed by atoms with Crippen molar-refractivity contribution in [2.45, 2.75) is 32.2 Å². The third-order valence-corrected chi connectivity index (χ3v) is 4.64. The number of H-pyrrole nitrogens is 1. The quantitative estimate of drug-likeness (QED) is 0.732. The summed E-state index contributed by atoms with van der Waals surface area (Å²) in [6.45, 7) is 4.15. The second kappa shape index (κ2) is 6.75. The van der Waals surface area contributed by atoms with E-state index in [1.807, 2.05) is 56.4 Å². The zero-order valence-electron chi connectivity index (χ0n) is 14.9. The lowest BCUT2D eigenvalue weighted by Crippen LogP contribution is -2.31. The van der Waals surface area contributed by atoms with Crippen molar-refractivity contribution in [2.24, 2.45) is 0 Å². The lowest BCUT2D eigenvalue weighted by Gasteiger charge is -2.19. The summed E-state index contributed by atoms with van der Waals surface area (Å²) < 4.78 is 11.3. The molecular weight excluding hydrogens is 328 g/mol. The van der Waals surface area contributed by atoms with Gasteiger partial charge in [-0.25, -0.2) is 0 Å². The normalized spacial score (nSPS) is 14.0. The standard InChI is InChI=1S/C21H22N2O3/c1-13(2)23-20(24)10-16(15-7-5-9-19-21(15)26-12-25-19)17-11-22-18-8-4-3-6-14(17)18/h3-9,11,13,16,22H,10,12H2,1-2H3,(H,23,24)/t16-/m0/s1. The smallest absolute Gasteiger partial charge is 0.231 e. The summed E-state index contributed by atoms with van der Waals surface area (Å²) in [7, 11) is 0. The van der Waals surface area contributed by atoms with Crippen LogP contribution in [-0.2, 0) is 4.79 Å². The van der Waals surface area contributed by atoms with Crippen molar-refractivity contribution in [2.75, 3.05) is 6.79 Å². The molecule has 1 aromatic heterocycles. The summed E-state index contributed by atoms with van der Waals surface area (Å²) in [5.41, 5.74) is 3.12. The Morgan fingerprint density at radius 2 is 1.96 bits per heavy atom. The van der Waals surface area contributed by atoms with Crippen LogP contribution in [0, 0.1) is 0 Å². The Labute approximate surface area is 152 Å². The number of hydrogen-bond donors (Lipinski definition) is 2. The van der Waals surface area contributed by atoms with Gasteiger partial charge in [-0.15, -0.1) is 0 Å². The summed E-state index contributed by atoms with van der Waals surface area (Å²) in [5, 5.41) is 4.12. The first kappa shape index (κ1) is 16.5. The summed E-state index contributed by atoms with van der Waals surface area (Å²) >= 11 is 0. The third-order valence-electron chi connectivity index (χ3n) is 4.64. The lowest BCUT2D eigenvalue weighted by molar-refractivity contribution is -0.121. The van der Waals surface area contributed by atoms with Gasteiger partial charge in [0.2, 0.25) is 12.7 Å². The van der Waals surface area contributed by atoms with E-state index in [1.165, 1.54) is 0 Å². The number of fused-ring (bicyclic) bond motifs is 2. The van der Waals surface area contributed by atoms with E-state index >= 15 is 0 Å². The zero-order chi connectivity index (χ0) is 18.1. The second-order valence-corrected chi connectivity index (χ2v) is 6.85. The number of rotatable bonds is 5. The molecule has 5 nitrogen and oxygen atoms in total. The molecule has 5 heteroatoms. The SMILES string of the molecule is CC(C)NC(=O)C[C@@H](c1cccc2c1OCO2)c1c[nH]c2ccccc12. The molecule has 0 spiro atoms. The minimum Gasteiger partial charge on any atom is -0.454 e. The average Bonchev–Trinajstić information content (AvgIpc) is 3.25. The van der Waals surface area contributed by atoms with Crippen LogP contribution in [0.1, 0.15) is 37.3 Å². The number of carbonyl (C=O) groups excluding carboxylic acids is 1. The molecule has 4 rings (SSSR count). The Morgan fingerprint density at radius 1 is 1.12 bits per heavy atom. The minimum absolute atomic E-state index is 0.0202. The van der Waals surface area contributed by atoms with Crippen molar-refractivity contribution in [3.8, 4) is 11.5 Å². The number of para-hydroxylation sites is 2. The molecule has 0 saturated carbocycles. The molecule has 2 N–H and O–H groups in total. The Hall–Kier alpha value is -2.95. The van der Waals surface area contributed by atoms with Crippen molar-refractivity contribution in [1.82, 2.24) is 10.3 Å². The van der Waals surface area contributed by atoms with Crippen LogP contribution in [0.5, 0.6) is 11.5 Å². The van der Waals surface area contributed by atoms with Crippen LogP contribution in [-0.4, -0.2) is 23.7 Å².